The van der Waals surface area contributed by atoms with Crippen molar-refractivity contribution in [1.29, 1.82) is 0 Å². The Kier molecular flexibility index (Phi) is 4.17. The van der Waals surface area contributed by atoms with Crippen molar-refractivity contribution < 1.29 is 9.53 Å². The molecular weight excluding hydrogens is 314 g/mol. The SMILES string of the molecule is COC(C)(C)c1nc2c([nH]1)C[C@H](c1ccc(Cl)cc1)CNC2=O. The molecule has 0 radical (unpaired) electrons. The predicted octanol–water partition coefficient (Wildman–Crippen LogP) is 3.01. The fraction of sp³-hybridized carbons (Fsp3) is 0.412. The number of nitrogens with one attached hydrogen (secondary N) is 2. The van der Waals surface area contributed by atoms with Crippen molar-refractivity contribution in [1.82, 2.24) is 15.3 Å². The first-order valence-corrected chi connectivity index (χ1v) is 7.96. The molecule has 122 valence electrons. The van der Waals surface area contributed by atoms with Crippen LogP contribution in [0.1, 0.15) is 47.3 Å². The molecule has 0 saturated carbocycles. The summed E-state index contributed by atoms with van der Waals surface area (Å²) in [5, 5.41) is 3.66. The minimum atomic E-state index is -0.567. The van der Waals surface area contributed by atoms with Crippen molar-refractivity contribution in [2.45, 2.75) is 31.8 Å². The molecule has 2 N–H and O–H groups in total. The number of aromatic nitrogens is 2. The zero-order valence-electron chi connectivity index (χ0n) is 13.4. The average Bonchev–Trinajstić information content (AvgIpc) is 2.90. The van der Waals surface area contributed by atoms with E-state index in [0.29, 0.717) is 29.5 Å². The lowest BCUT2D eigenvalue weighted by Crippen LogP contribution is -2.27. The first-order chi connectivity index (χ1) is 10.9. The van der Waals surface area contributed by atoms with Crippen LogP contribution in [0, 0.1) is 0 Å². The maximum atomic E-state index is 12.3. The van der Waals surface area contributed by atoms with Crippen LogP contribution in [0.5, 0.6) is 0 Å². The minimum Gasteiger partial charge on any atom is -0.371 e. The molecule has 1 atom stereocenters. The van der Waals surface area contributed by atoms with Crippen LogP contribution in [-0.2, 0) is 16.8 Å². The average molecular weight is 334 g/mol. The van der Waals surface area contributed by atoms with E-state index in [0.717, 1.165) is 11.3 Å². The van der Waals surface area contributed by atoms with Crippen molar-refractivity contribution in [3.8, 4) is 0 Å². The highest BCUT2D eigenvalue weighted by Crippen LogP contribution is 2.28. The molecule has 23 heavy (non-hydrogen) atoms. The summed E-state index contributed by atoms with van der Waals surface area (Å²) in [6, 6.07) is 7.74. The van der Waals surface area contributed by atoms with Crippen molar-refractivity contribution in [2.24, 2.45) is 0 Å². The Balaban J connectivity index is 1.94. The predicted molar refractivity (Wildman–Crippen MR) is 88.9 cm³/mol. The lowest BCUT2D eigenvalue weighted by atomic mass is 9.94. The number of fused-ring (bicyclic) bond motifs is 1. The molecule has 6 heteroatoms. The fourth-order valence-electron chi connectivity index (χ4n) is 2.72. The van der Waals surface area contributed by atoms with Gasteiger partial charge in [-0.1, -0.05) is 23.7 Å². The summed E-state index contributed by atoms with van der Waals surface area (Å²) in [4.78, 5) is 20.1. The molecule has 1 aromatic carbocycles. The molecule has 0 aliphatic carbocycles. The molecule has 1 aliphatic heterocycles. The Morgan fingerprint density at radius 2 is 2.00 bits per heavy atom. The molecule has 2 aromatic rings. The standard InChI is InChI=1S/C17H20ClN3O2/c1-17(2,23-3)16-20-13-8-11(9-19-15(22)14(13)21-16)10-4-6-12(18)7-5-10/h4-7,11H,8-9H2,1-3H3,(H,19,22)(H,20,21)/t11-/m0/s1. The normalized spacial score (nSPS) is 18.3. The van der Waals surface area contributed by atoms with Gasteiger partial charge >= 0.3 is 0 Å². The van der Waals surface area contributed by atoms with Gasteiger partial charge in [0, 0.05) is 30.3 Å². The molecule has 1 amide bonds. The van der Waals surface area contributed by atoms with Gasteiger partial charge in [0.1, 0.15) is 17.1 Å². The molecule has 5 nitrogen and oxygen atoms in total. The summed E-state index contributed by atoms with van der Waals surface area (Å²) in [6.45, 7) is 4.41. The summed E-state index contributed by atoms with van der Waals surface area (Å²) < 4.78 is 5.45. The lowest BCUT2D eigenvalue weighted by molar-refractivity contribution is 0.0120. The van der Waals surface area contributed by atoms with Crippen LogP contribution in [0.25, 0.3) is 0 Å². The number of hydrogen-bond donors (Lipinski definition) is 2. The van der Waals surface area contributed by atoms with Crippen LogP contribution >= 0.6 is 11.6 Å². The number of rotatable bonds is 3. The van der Waals surface area contributed by atoms with Gasteiger partial charge in [-0.15, -0.1) is 0 Å². The van der Waals surface area contributed by atoms with Gasteiger partial charge in [-0.2, -0.15) is 0 Å². The summed E-state index contributed by atoms with van der Waals surface area (Å²) in [5.41, 5.74) is 1.88. The lowest BCUT2D eigenvalue weighted by Gasteiger charge is -2.20. The highest BCUT2D eigenvalue weighted by atomic mass is 35.5. The number of benzene rings is 1. The van der Waals surface area contributed by atoms with Gasteiger partial charge in [-0.3, -0.25) is 4.79 Å². The van der Waals surface area contributed by atoms with E-state index in [1.165, 1.54) is 0 Å². The van der Waals surface area contributed by atoms with Crippen LogP contribution < -0.4 is 5.32 Å². The molecule has 0 bridgehead atoms. The number of hydrogen-bond acceptors (Lipinski definition) is 3. The van der Waals surface area contributed by atoms with E-state index < -0.39 is 5.60 Å². The van der Waals surface area contributed by atoms with Gasteiger partial charge in [0.2, 0.25) is 0 Å². The second-order valence-electron chi connectivity index (χ2n) is 6.29. The molecule has 0 saturated heterocycles. The largest absolute Gasteiger partial charge is 0.371 e. The van der Waals surface area contributed by atoms with Gasteiger partial charge in [0.05, 0.1) is 0 Å². The smallest absolute Gasteiger partial charge is 0.271 e. The van der Waals surface area contributed by atoms with Crippen LogP contribution in [0.15, 0.2) is 24.3 Å². The number of imidazole rings is 1. The van der Waals surface area contributed by atoms with Crippen molar-refractivity contribution in [3.63, 3.8) is 0 Å². The Labute approximate surface area is 140 Å². The maximum Gasteiger partial charge on any atom is 0.271 e. The third kappa shape index (κ3) is 3.12. The van der Waals surface area contributed by atoms with Crippen LogP contribution in [0.3, 0.4) is 0 Å². The van der Waals surface area contributed by atoms with Crippen LogP contribution in [0.2, 0.25) is 5.02 Å². The van der Waals surface area contributed by atoms with E-state index in [1.54, 1.807) is 7.11 Å². The quantitative estimate of drug-likeness (QED) is 0.907. The number of aromatic amines is 1. The van der Waals surface area contributed by atoms with Gasteiger partial charge in [-0.25, -0.2) is 4.98 Å². The Morgan fingerprint density at radius 3 is 2.65 bits per heavy atom. The number of nitrogens with zero attached hydrogens (tertiary/aromatic N) is 1. The highest BCUT2D eigenvalue weighted by Gasteiger charge is 2.31. The van der Waals surface area contributed by atoms with E-state index in [-0.39, 0.29) is 11.8 Å². The number of carbonyl (C=O) groups excluding carboxylic acids is 1. The van der Waals surface area contributed by atoms with Crippen molar-refractivity contribution in [3.05, 3.63) is 52.1 Å². The number of H-pyrrole nitrogens is 1. The topological polar surface area (TPSA) is 67.0 Å². The van der Waals surface area contributed by atoms with E-state index in [1.807, 2.05) is 38.1 Å². The number of carbonyl (C=O) groups is 1. The van der Waals surface area contributed by atoms with Crippen LogP contribution in [-0.4, -0.2) is 29.5 Å². The number of methoxy groups -OCH3 is 1. The zero-order chi connectivity index (χ0) is 16.6. The molecule has 2 heterocycles. The Bertz CT molecular complexity index is 722. The first kappa shape index (κ1) is 16.0. The number of halogens is 1. The van der Waals surface area contributed by atoms with Crippen molar-refractivity contribution in [2.75, 3.05) is 13.7 Å². The van der Waals surface area contributed by atoms with Crippen molar-refractivity contribution >= 4 is 17.5 Å². The Hall–Kier alpha value is -1.85. The molecule has 3 rings (SSSR count). The Morgan fingerprint density at radius 1 is 1.30 bits per heavy atom. The maximum absolute atomic E-state index is 12.3. The van der Waals surface area contributed by atoms with E-state index >= 15 is 0 Å². The number of amides is 1. The molecule has 0 spiro atoms. The monoisotopic (exact) mass is 333 g/mol. The third-order valence-corrected chi connectivity index (χ3v) is 4.63. The van der Waals surface area contributed by atoms with Crippen LogP contribution in [0.4, 0.5) is 0 Å². The molecule has 1 aromatic heterocycles. The zero-order valence-corrected chi connectivity index (χ0v) is 14.2. The van der Waals surface area contributed by atoms with E-state index in [2.05, 4.69) is 15.3 Å². The van der Waals surface area contributed by atoms with E-state index in [9.17, 15) is 4.79 Å². The molecule has 1 aliphatic rings. The minimum absolute atomic E-state index is 0.147. The summed E-state index contributed by atoms with van der Waals surface area (Å²) in [5.74, 6) is 0.694. The third-order valence-electron chi connectivity index (χ3n) is 4.38. The van der Waals surface area contributed by atoms with Gasteiger partial charge in [-0.05, 0) is 38.0 Å². The molecular formula is C17H20ClN3O2. The molecule has 0 fully saturated rings. The second-order valence-corrected chi connectivity index (χ2v) is 6.73. The molecule has 0 unspecified atom stereocenters. The number of ether oxygens (including phenoxy) is 1. The van der Waals surface area contributed by atoms with E-state index in [4.69, 9.17) is 16.3 Å². The first-order valence-electron chi connectivity index (χ1n) is 7.59. The fourth-order valence-corrected chi connectivity index (χ4v) is 2.84. The summed E-state index contributed by atoms with van der Waals surface area (Å²) >= 11 is 5.96. The summed E-state index contributed by atoms with van der Waals surface area (Å²) in [7, 11) is 1.63. The van der Waals surface area contributed by atoms with Gasteiger partial charge in [0.25, 0.3) is 5.91 Å². The van der Waals surface area contributed by atoms with Gasteiger partial charge in [0.15, 0.2) is 0 Å². The summed E-state index contributed by atoms with van der Waals surface area (Å²) in [6.07, 6.45) is 0.711. The highest BCUT2D eigenvalue weighted by molar-refractivity contribution is 6.30. The van der Waals surface area contributed by atoms with Gasteiger partial charge < -0.3 is 15.0 Å². The second kappa shape index (κ2) is 5.98.